The number of nitrogens with zero attached hydrogens (tertiary/aromatic N) is 2. The lowest BCUT2D eigenvalue weighted by atomic mass is 10.1. The first kappa shape index (κ1) is 22.6. The van der Waals surface area contributed by atoms with Gasteiger partial charge in [-0.1, -0.05) is 35.9 Å². The normalized spacial score (nSPS) is 14.9. The molecule has 1 aliphatic rings. The molecule has 1 saturated heterocycles. The Morgan fingerprint density at radius 2 is 1.84 bits per heavy atom. The Kier molecular flexibility index (Phi) is 6.71. The van der Waals surface area contributed by atoms with Gasteiger partial charge in [-0.25, -0.2) is 18.2 Å². The second-order valence-electron chi connectivity index (χ2n) is 7.58. The van der Waals surface area contributed by atoms with E-state index in [0.29, 0.717) is 37.6 Å². The Hall–Kier alpha value is -2.59. The number of rotatable bonds is 6. The highest BCUT2D eigenvalue weighted by Gasteiger charge is 2.28. The number of aryl methyl sites for hydroxylation is 2. The number of aromatic nitrogens is 1. The number of hydrogen-bond donors (Lipinski definition) is 0. The molecule has 0 N–H and O–H groups in total. The number of carbonyl (C=O) groups is 1. The van der Waals surface area contributed by atoms with Crippen LogP contribution >= 0.6 is 11.3 Å². The molecule has 168 valence electrons. The molecule has 1 fully saturated rings. The van der Waals surface area contributed by atoms with Crippen molar-refractivity contribution in [2.24, 2.45) is 0 Å². The molecular weight excluding hydrogens is 448 g/mol. The summed E-state index contributed by atoms with van der Waals surface area (Å²) in [6.07, 6.45) is 0. The maximum atomic E-state index is 13.0. The van der Waals surface area contributed by atoms with Crippen molar-refractivity contribution in [3.63, 3.8) is 0 Å². The standard InChI is InChI=1S/C23H24N2O5S2/c1-16-3-6-18(7-4-16)22-24-20(15-31-22)14-30-23(26)19-8-5-17(2)21(13-19)32(27,28)25-9-11-29-12-10-25/h3-8,13,15H,9-12,14H2,1-2H3. The van der Waals surface area contributed by atoms with Crippen molar-refractivity contribution < 1.29 is 22.7 Å². The van der Waals surface area contributed by atoms with Gasteiger partial charge in [-0.3, -0.25) is 0 Å². The van der Waals surface area contributed by atoms with Crippen LogP contribution < -0.4 is 0 Å². The van der Waals surface area contributed by atoms with Crippen molar-refractivity contribution in [3.05, 3.63) is 70.2 Å². The molecule has 0 unspecified atom stereocenters. The molecule has 0 bridgehead atoms. The minimum Gasteiger partial charge on any atom is -0.456 e. The molecule has 2 aromatic carbocycles. The van der Waals surface area contributed by atoms with Gasteiger partial charge in [0.05, 0.1) is 29.4 Å². The Labute approximate surface area is 191 Å². The maximum absolute atomic E-state index is 13.0. The van der Waals surface area contributed by atoms with Crippen molar-refractivity contribution in [1.82, 2.24) is 9.29 Å². The zero-order valence-corrected chi connectivity index (χ0v) is 19.5. The van der Waals surface area contributed by atoms with Crippen LogP contribution in [-0.2, 0) is 26.1 Å². The SMILES string of the molecule is Cc1ccc(-c2nc(COC(=O)c3ccc(C)c(S(=O)(=O)N4CCOCC4)c3)cs2)cc1. The van der Waals surface area contributed by atoms with Gasteiger partial charge in [-0.15, -0.1) is 11.3 Å². The van der Waals surface area contributed by atoms with E-state index in [4.69, 9.17) is 9.47 Å². The predicted molar refractivity (Wildman–Crippen MR) is 122 cm³/mol. The molecule has 0 aliphatic carbocycles. The first-order valence-corrected chi connectivity index (χ1v) is 12.5. The van der Waals surface area contributed by atoms with Gasteiger partial charge in [0.2, 0.25) is 10.0 Å². The molecule has 0 spiro atoms. The lowest BCUT2D eigenvalue weighted by Crippen LogP contribution is -2.40. The highest BCUT2D eigenvalue weighted by molar-refractivity contribution is 7.89. The average molecular weight is 473 g/mol. The number of esters is 1. The van der Waals surface area contributed by atoms with E-state index in [-0.39, 0.29) is 17.1 Å². The summed E-state index contributed by atoms with van der Waals surface area (Å²) in [7, 11) is -3.71. The van der Waals surface area contributed by atoms with Crippen LogP contribution in [0.5, 0.6) is 0 Å². The number of morpholine rings is 1. The minimum atomic E-state index is -3.71. The zero-order chi connectivity index (χ0) is 22.7. The van der Waals surface area contributed by atoms with Gasteiger partial charge in [0, 0.05) is 24.0 Å². The monoisotopic (exact) mass is 472 g/mol. The number of thiazole rings is 1. The van der Waals surface area contributed by atoms with Crippen molar-refractivity contribution in [2.75, 3.05) is 26.3 Å². The topological polar surface area (TPSA) is 85.8 Å². The Morgan fingerprint density at radius 3 is 2.56 bits per heavy atom. The van der Waals surface area contributed by atoms with Gasteiger partial charge in [0.1, 0.15) is 11.6 Å². The van der Waals surface area contributed by atoms with Crippen molar-refractivity contribution in [1.29, 1.82) is 0 Å². The summed E-state index contributed by atoms with van der Waals surface area (Å²) in [6.45, 7) is 5.06. The second-order valence-corrected chi connectivity index (χ2v) is 10.3. The van der Waals surface area contributed by atoms with Crippen LogP contribution in [0, 0.1) is 13.8 Å². The minimum absolute atomic E-state index is 0.0145. The highest BCUT2D eigenvalue weighted by Crippen LogP contribution is 2.25. The van der Waals surface area contributed by atoms with Crippen molar-refractivity contribution in [3.8, 4) is 10.6 Å². The van der Waals surface area contributed by atoms with E-state index in [9.17, 15) is 13.2 Å². The molecule has 2 heterocycles. The molecular formula is C23H24N2O5S2. The summed E-state index contributed by atoms with van der Waals surface area (Å²) in [4.78, 5) is 17.3. The molecule has 0 saturated carbocycles. The van der Waals surface area contributed by atoms with Gasteiger partial charge in [0.15, 0.2) is 0 Å². The first-order chi connectivity index (χ1) is 15.3. The predicted octanol–water partition coefficient (Wildman–Crippen LogP) is 3.80. The van der Waals surface area contributed by atoms with E-state index in [1.807, 2.05) is 36.6 Å². The van der Waals surface area contributed by atoms with E-state index in [1.54, 1.807) is 19.1 Å². The lowest BCUT2D eigenvalue weighted by Gasteiger charge is -2.26. The smallest absolute Gasteiger partial charge is 0.338 e. The third kappa shape index (κ3) is 4.91. The maximum Gasteiger partial charge on any atom is 0.338 e. The van der Waals surface area contributed by atoms with Crippen molar-refractivity contribution in [2.45, 2.75) is 25.3 Å². The molecule has 9 heteroatoms. The number of carbonyl (C=O) groups excluding carboxylic acids is 1. The van der Waals surface area contributed by atoms with E-state index in [0.717, 1.165) is 10.6 Å². The van der Waals surface area contributed by atoms with Crippen LogP contribution in [0.4, 0.5) is 0 Å². The number of benzene rings is 2. The number of hydrogen-bond acceptors (Lipinski definition) is 7. The van der Waals surface area contributed by atoms with Crippen LogP contribution in [0.2, 0.25) is 0 Å². The van der Waals surface area contributed by atoms with E-state index < -0.39 is 16.0 Å². The fourth-order valence-electron chi connectivity index (χ4n) is 3.36. The van der Waals surface area contributed by atoms with Crippen LogP contribution in [-0.4, -0.2) is 50.0 Å². The van der Waals surface area contributed by atoms with Gasteiger partial charge >= 0.3 is 5.97 Å². The summed E-state index contributed by atoms with van der Waals surface area (Å²) < 4.78 is 38.1. The summed E-state index contributed by atoms with van der Waals surface area (Å²) in [5.74, 6) is -0.590. The van der Waals surface area contributed by atoms with Gasteiger partial charge in [-0.2, -0.15) is 4.31 Å². The third-order valence-corrected chi connectivity index (χ3v) is 8.19. The van der Waals surface area contributed by atoms with Gasteiger partial charge in [0.25, 0.3) is 0 Å². The number of ether oxygens (including phenoxy) is 2. The Morgan fingerprint density at radius 1 is 1.12 bits per heavy atom. The van der Waals surface area contributed by atoms with E-state index >= 15 is 0 Å². The zero-order valence-electron chi connectivity index (χ0n) is 17.9. The van der Waals surface area contributed by atoms with Crippen LogP contribution in [0.15, 0.2) is 52.7 Å². The first-order valence-electron chi connectivity index (χ1n) is 10.2. The molecule has 3 aromatic rings. The van der Waals surface area contributed by atoms with Crippen LogP contribution in [0.1, 0.15) is 27.2 Å². The summed E-state index contributed by atoms with van der Waals surface area (Å²) in [5, 5.41) is 2.71. The third-order valence-electron chi connectivity index (χ3n) is 5.21. The summed E-state index contributed by atoms with van der Waals surface area (Å²) in [5.41, 5.74) is 3.60. The van der Waals surface area contributed by atoms with Crippen LogP contribution in [0.3, 0.4) is 0 Å². The molecule has 0 amide bonds. The van der Waals surface area contributed by atoms with E-state index in [1.165, 1.54) is 27.3 Å². The largest absolute Gasteiger partial charge is 0.456 e. The van der Waals surface area contributed by atoms with Gasteiger partial charge < -0.3 is 9.47 Å². The van der Waals surface area contributed by atoms with Gasteiger partial charge in [-0.05, 0) is 31.5 Å². The molecule has 0 radical (unpaired) electrons. The highest BCUT2D eigenvalue weighted by atomic mass is 32.2. The second kappa shape index (κ2) is 9.50. The summed E-state index contributed by atoms with van der Waals surface area (Å²) in [6, 6.07) is 12.7. The molecule has 1 aromatic heterocycles. The fraction of sp³-hybridized carbons (Fsp3) is 0.304. The number of sulfonamides is 1. The molecule has 1 aliphatic heterocycles. The van der Waals surface area contributed by atoms with Crippen molar-refractivity contribution >= 4 is 27.3 Å². The quantitative estimate of drug-likeness (QED) is 0.507. The van der Waals surface area contributed by atoms with E-state index in [2.05, 4.69) is 4.98 Å². The molecule has 0 atom stereocenters. The summed E-state index contributed by atoms with van der Waals surface area (Å²) >= 11 is 1.48. The fourth-order valence-corrected chi connectivity index (χ4v) is 5.83. The molecule has 4 rings (SSSR count). The Balaban J connectivity index is 1.46. The van der Waals surface area contributed by atoms with Crippen LogP contribution in [0.25, 0.3) is 10.6 Å². The Bertz CT molecular complexity index is 1210. The molecule has 32 heavy (non-hydrogen) atoms. The average Bonchev–Trinajstić information content (AvgIpc) is 3.28. The lowest BCUT2D eigenvalue weighted by molar-refractivity contribution is 0.0468. The molecule has 7 nitrogen and oxygen atoms in total.